The molecule has 4 rings (SSSR count). The molecule has 0 aliphatic carbocycles. The van der Waals surface area contributed by atoms with Gasteiger partial charge in [-0.25, -0.2) is 4.98 Å². The molecule has 0 unspecified atom stereocenters. The Morgan fingerprint density at radius 1 is 0.967 bits per heavy atom. The fourth-order valence-electron chi connectivity index (χ4n) is 3.13. The van der Waals surface area contributed by atoms with Gasteiger partial charge in [0.05, 0.1) is 24.0 Å². The van der Waals surface area contributed by atoms with Gasteiger partial charge in [0.1, 0.15) is 11.5 Å². The van der Waals surface area contributed by atoms with E-state index in [4.69, 9.17) is 26.1 Å². The Morgan fingerprint density at radius 2 is 1.73 bits per heavy atom. The number of nitrogens with one attached hydrogen (secondary N) is 1. The molecule has 4 aromatic rings. The summed E-state index contributed by atoms with van der Waals surface area (Å²) in [5, 5.41) is 4.12. The molecule has 0 bridgehead atoms. The Balaban J connectivity index is 1.58. The van der Waals surface area contributed by atoms with Crippen molar-refractivity contribution in [2.24, 2.45) is 0 Å². The van der Waals surface area contributed by atoms with Crippen molar-refractivity contribution in [1.82, 2.24) is 4.98 Å². The summed E-state index contributed by atoms with van der Waals surface area (Å²) in [5.74, 6) is 0.791. The zero-order valence-electron chi connectivity index (χ0n) is 16.3. The SMILES string of the molecule is COc1ccc(Cl)cc1NC(=O)COc1cc(-c2ccccc2)nc2ccccc12. The minimum absolute atomic E-state index is 0.169. The van der Waals surface area contributed by atoms with Gasteiger partial charge in [-0.15, -0.1) is 0 Å². The average molecular weight is 419 g/mol. The number of anilines is 1. The number of benzene rings is 3. The number of rotatable bonds is 6. The van der Waals surface area contributed by atoms with Crippen LogP contribution >= 0.6 is 11.6 Å². The van der Waals surface area contributed by atoms with Crippen LogP contribution in [0.3, 0.4) is 0 Å². The summed E-state index contributed by atoms with van der Waals surface area (Å²) in [6, 6.07) is 24.4. The number of carbonyl (C=O) groups is 1. The highest BCUT2D eigenvalue weighted by Crippen LogP contribution is 2.30. The van der Waals surface area contributed by atoms with Crippen molar-refractivity contribution >= 4 is 34.1 Å². The Labute approximate surface area is 179 Å². The topological polar surface area (TPSA) is 60.5 Å². The molecule has 0 saturated heterocycles. The third-order valence-electron chi connectivity index (χ3n) is 4.54. The van der Waals surface area contributed by atoms with E-state index < -0.39 is 0 Å². The third kappa shape index (κ3) is 4.36. The molecule has 1 amide bonds. The van der Waals surface area contributed by atoms with Crippen molar-refractivity contribution in [3.05, 3.63) is 83.9 Å². The number of halogens is 1. The highest BCUT2D eigenvalue weighted by Gasteiger charge is 2.12. The molecule has 1 aromatic heterocycles. The Bertz CT molecular complexity index is 1200. The van der Waals surface area contributed by atoms with E-state index in [9.17, 15) is 4.79 Å². The Kier molecular flexibility index (Phi) is 5.82. The molecule has 0 atom stereocenters. The van der Waals surface area contributed by atoms with E-state index in [0.717, 1.165) is 22.2 Å². The second-order valence-electron chi connectivity index (χ2n) is 6.57. The zero-order valence-corrected chi connectivity index (χ0v) is 17.0. The number of aromatic nitrogens is 1. The monoisotopic (exact) mass is 418 g/mol. The third-order valence-corrected chi connectivity index (χ3v) is 4.78. The summed E-state index contributed by atoms with van der Waals surface area (Å²) in [7, 11) is 1.53. The highest BCUT2D eigenvalue weighted by molar-refractivity contribution is 6.31. The largest absolute Gasteiger partial charge is 0.495 e. The number of pyridine rings is 1. The molecule has 6 heteroatoms. The fraction of sp³-hybridized carbons (Fsp3) is 0.0833. The first-order valence-corrected chi connectivity index (χ1v) is 9.73. The molecule has 3 aromatic carbocycles. The molecule has 0 spiro atoms. The average Bonchev–Trinajstić information content (AvgIpc) is 2.78. The van der Waals surface area contributed by atoms with Crippen LogP contribution in [0.2, 0.25) is 5.02 Å². The molecular weight excluding hydrogens is 400 g/mol. The van der Waals surface area contributed by atoms with E-state index in [1.165, 1.54) is 7.11 Å². The lowest BCUT2D eigenvalue weighted by Crippen LogP contribution is -2.20. The lowest BCUT2D eigenvalue weighted by Gasteiger charge is -2.13. The van der Waals surface area contributed by atoms with Gasteiger partial charge in [-0.1, -0.05) is 54.1 Å². The Hall–Kier alpha value is -3.57. The van der Waals surface area contributed by atoms with Crippen molar-refractivity contribution in [2.45, 2.75) is 0 Å². The van der Waals surface area contributed by atoms with Gasteiger partial charge in [0.2, 0.25) is 0 Å². The first kappa shape index (κ1) is 19.7. The van der Waals surface area contributed by atoms with Gasteiger partial charge in [-0.05, 0) is 30.3 Å². The summed E-state index contributed by atoms with van der Waals surface area (Å²) >= 11 is 6.03. The van der Waals surface area contributed by atoms with Crippen LogP contribution in [0, 0.1) is 0 Å². The first-order valence-electron chi connectivity index (χ1n) is 9.35. The van der Waals surface area contributed by atoms with Crippen molar-refractivity contribution in [1.29, 1.82) is 0 Å². The molecule has 0 radical (unpaired) electrons. The van der Waals surface area contributed by atoms with E-state index in [0.29, 0.717) is 22.2 Å². The van der Waals surface area contributed by atoms with E-state index in [2.05, 4.69) is 5.32 Å². The quantitative estimate of drug-likeness (QED) is 0.444. The summed E-state index contributed by atoms with van der Waals surface area (Å²) in [6.07, 6.45) is 0. The number of nitrogens with zero attached hydrogens (tertiary/aromatic N) is 1. The molecule has 1 heterocycles. The molecular formula is C24H19ClN2O3. The number of hydrogen-bond acceptors (Lipinski definition) is 4. The van der Waals surface area contributed by atoms with Gasteiger partial charge in [-0.2, -0.15) is 0 Å². The number of ether oxygens (including phenoxy) is 2. The minimum Gasteiger partial charge on any atom is -0.495 e. The lowest BCUT2D eigenvalue weighted by molar-refractivity contribution is -0.118. The number of fused-ring (bicyclic) bond motifs is 1. The molecule has 0 fully saturated rings. The highest BCUT2D eigenvalue weighted by atomic mass is 35.5. The van der Waals surface area contributed by atoms with Crippen molar-refractivity contribution < 1.29 is 14.3 Å². The van der Waals surface area contributed by atoms with Gasteiger partial charge >= 0.3 is 0 Å². The predicted molar refractivity (Wildman–Crippen MR) is 119 cm³/mol. The van der Waals surface area contributed by atoms with Crippen molar-refractivity contribution in [3.63, 3.8) is 0 Å². The predicted octanol–water partition coefficient (Wildman–Crippen LogP) is 5.58. The van der Waals surface area contributed by atoms with Gasteiger partial charge < -0.3 is 14.8 Å². The van der Waals surface area contributed by atoms with E-state index in [1.807, 2.05) is 60.7 Å². The smallest absolute Gasteiger partial charge is 0.262 e. The van der Waals surface area contributed by atoms with Gasteiger partial charge in [0, 0.05) is 22.0 Å². The fourth-order valence-corrected chi connectivity index (χ4v) is 3.30. The van der Waals surface area contributed by atoms with Crippen LogP contribution in [-0.2, 0) is 4.79 Å². The van der Waals surface area contributed by atoms with Crippen LogP contribution in [0.25, 0.3) is 22.2 Å². The first-order chi connectivity index (χ1) is 14.6. The second kappa shape index (κ2) is 8.84. The van der Waals surface area contributed by atoms with Gasteiger partial charge in [0.25, 0.3) is 5.91 Å². The maximum atomic E-state index is 12.5. The number of para-hydroxylation sites is 1. The minimum atomic E-state index is -0.322. The summed E-state index contributed by atoms with van der Waals surface area (Å²) in [5.41, 5.74) is 3.04. The zero-order chi connectivity index (χ0) is 20.9. The van der Waals surface area contributed by atoms with Crippen LogP contribution in [0.15, 0.2) is 78.9 Å². The molecule has 0 saturated carbocycles. The van der Waals surface area contributed by atoms with Crippen LogP contribution < -0.4 is 14.8 Å². The van der Waals surface area contributed by atoms with Crippen LogP contribution in [0.5, 0.6) is 11.5 Å². The molecule has 1 N–H and O–H groups in total. The maximum Gasteiger partial charge on any atom is 0.262 e. The second-order valence-corrected chi connectivity index (χ2v) is 7.01. The summed E-state index contributed by atoms with van der Waals surface area (Å²) < 4.78 is 11.2. The van der Waals surface area contributed by atoms with Crippen molar-refractivity contribution in [2.75, 3.05) is 19.0 Å². The van der Waals surface area contributed by atoms with Crippen molar-refractivity contribution in [3.8, 4) is 22.8 Å². The lowest BCUT2D eigenvalue weighted by atomic mass is 10.1. The number of methoxy groups -OCH3 is 1. The maximum absolute atomic E-state index is 12.5. The van der Waals surface area contributed by atoms with Gasteiger partial charge in [0.15, 0.2) is 6.61 Å². The van der Waals surface area contributed by atoms with E-state index >= 15 is 0 Å². The summed E-state index contributed by atoms with van der Waals surface area (Å²) in [4.78, 5) is 17.2. The Morgan fingerprint density at radius 3 is 2.53 bits per heavy atom. The van der Waals surface area contributed by atoms with E-state index in [-0.39, 0.29) is 12.5 Å². The number of hydrogen-bond donors (Lipinski definition) is 1. The summed E-state index contributed by atoms with van der Waals surface area (Å²) in [6.45, 7) is -0.169. The van der Waals surface area contributed by atoms with E-state index in [1.54, 1.807) is 18.2 Å². The molecule has 0 aliphatic rings. The van der Waals surface area contributed by atoms with Gasteiger partial charge in [-0.3, -0.25) is 4.79 Å². The molecule has 150 valence electrons. The molecule has 0 aliphatic heterocycles. The standard InChI is InChI=1S/C24H19ClN2O3/c1-29-22-12-11-17(25)13-21(22)27-24(28)15-30-23-14-20(16-7-3-2-4-8-16)26-19-10-6-5-9-18(19)23/h2-14H,15H2,1H3,(H,27,28). The normalized spacial score (nSPS) is 10.6. The number of amides is 1. The molecule has 5 nitrogen and oxygen atoms in total. The number of carbonyl (C=O) groups excluding carboxylic acids is 1. The molecule has 30 heavy (non-hydrogen) atoms. The van der Waals surface area contributed by atoms with Crippen LogP contribution in [-0.4, -0.2) is 24.6 Å². The van der Waals surface area contributed by atoms with Crippen LogP contribution in [0.4, 0.5) is 5.69 Å². The van der Waals surface area contributed by atoms with Crippen LogP contribution in [0.1, 0.15) is 0 Å².